The Labute approximate surface area is 311 Å². The van der Waals surface area contributed by atoms with E-state index in [2.05, 4.69) is 5.32 Å². The molecule has 0 bridgehead atoms. The average Bonchev–Trinajstić information content (AvgIpc) is 3.85. The fraction of sp³-hybridized carbons (Fsp3) is 1.00. The van der Waals surface area contributed by atoms with Crippen molar-refractivity contribution in [2.24, 2.45) is 17.8 Å². The first kappa shape index (κ1) is 44.2. The van der Waals surface area contributed by atoms with Gasteiger partial charge in [0, 0.05) is 44.0 Å². The molecule has 0 spiro atoms. The summed E-state index contributed by atoms with van der Waals surface area (Å²) in [6.45, 7) is 19.1. The van der Waals surface area contributed by atoms with Gasteiger partial charge in [-0.2, -0.15) is 0 Å². The maximum atomic E-state index is 12.5. The van der Waals surface area contributed by atoms with E-state index in [1.807, 2.05) is 60.4 Å². The maximum absolute atomic E-state index is 12.5. The van der Waals surface area contributed by atoms with Crippen molar-refractivity contribution in [3.8, 4) is 0 Å². The molecule has 14 heteroatoms. The molecule has 4 aliphatic heterocycles. The van der Waals surface area contributed by atoms with Crippen LogP contribution in [0.4, 0.5) is 0 Å². The SMILES string of the molecule is CC[C@H]1OC2OC2[C@H](C)[C@@H](O[C@H]2C[C@@](C)(OC)[C@@H](O)[C@H](C)O2)[C@H](C)[C@@H](O[C@@H]2O[C@H](C)C[C@H](NC)[C@H]2O)[C@](C)(O)C[C@@H](C)CN(C)[C@H](C)[C@@H](O)[C@]1(C)O. The highest BCUT2D eigenvalue weighted by atomic mass is 16.8. The number of epoxide rings is 1. The van der Waals surface area contributed by atoms with Crippen molar-refractivity contribution in [2.45, 2.75) is 198 Å². The van der Waals surface area contributed by atoms with Crippen LogP contribution in [0.1, 0.15) is 94.9 Å². The number of ether oxygens (including phenoxy) is 7. The summed E-state index contributed by atoms with van der Waals surface area (Å²) in [6.07, 6.45) is -7.51. The number of methoxy groups -OCH3 is 1. The lowest BCUT2D eigenvalue weighted by Gasteiger charge is -2.48. The van der Waals surface area contributed by atoms with Gasteiger partial charge in [0.05, 0.1) is 41.7 Å². The van der Waals surface area contributed by atoms with Gasteiger partial charge in [-0.1, -0.05) is 27.7 Å². The topological polar surface area (TPSA) is 184 Å². The number of nitrogens with one attached hydrogen (secondary N) is 1. The van der Waals surface area contributed by atoms with Crippen molar-refractivity contribution in [2.75, 3.05) is 27.7 Å². The predicted molar refractivity (Wildman–Crippen MR) is 193 cm³/mol. The van der Waals surface area contributed by atoms with Crippen molar-refractivity contribution in [3.63, 3.8) is 0 Å². The van der Waals surface area contributed by atoms with Crippen LogP contribution in [0.3, 0.4) is 0 Å². The van der Waals surface area contributed by atoms with Crippen molar-refractivity contribution in [1.29, 1.82) is 0 Å². The van der Waals surface area contributed by atoms with E-state index >= 15 is 0 Å². The second-order valence-corrected chi connectivity index (χ2v) is 17.3. The van der Waals surface area contributed by atoms with E-state index in [1.54, 1.807) is 34.9 Å². The summed E-state index contributed by atoms with van der Waals surface area (Å²) < 4.78 is 44.4. The summed E-state index contributed by atoms with van der Waals surface area (Å²) in [4.78, 5) is 1.98. The van der Waals surface area contributed by atoms with Gasteiger partial charge >= 0.3 is 0 Å². The summed E-state index contributed by atoms with van der Waals surface area (Å²) in [5.74, 6) is -0.978. The summed E-state index contributed by atoms with van der Waals surface area (Å²) in [7, 11) is 5.24. The van der Waals surface area contributed by atoms with Gasteiger partial charge in [0.25, 0.3) is 0 Å². The van der Waals surface area contributed by atoms with Crippen LogP contribution in [0.2, 0.25) is 0 Å². The van der Waals surface area contributed by atoms with Gasteiger partial charge in [-0.15, -0.1) is 0 Å². The lowest BCUT2D eigenvalue weighted by Crippen LogP contribution is -2.61. The molecule has 52 heavy (non-hydrogen) atoms. The Morgan fingerprint density at radius 2 is 1.52 bits per heavy atom. The molecule has 306 valence electrons. The molecule has 0 aromatic carbocycles. The average molecular weight is 749 g/mol. The minimum Gasteiger partial charge on any atom is -0.388 e. The zero-order chi connectivity index (χ0) is 39.1. The van der Waals surface area contributed by atoms with Gasteiger partial charge < -0.3 is 68.9 Å². The van der Waals surface area contributed by atoms with Crippen molar-refractivity contribution in [3.05, 3.63) is 0 Å². The summed E-state index contributed by atoms with van der Waals surface area (Å²) in [6, 6.07) is -0.713. The standard InChI is InChI=1S/C38H72N2O12/c1-14-26-38(10,45)31(42)23(6)40(12)18-19(2)16-36(8,44)33(52-34-28(41)25(39-11)15-20(3)47-34)22(5)29(21(4)30-35(49-26)51-30)50-27-17-37(9,46-13)32(43)24(7)48-27/h19-35,39,41-45H,14-18H2,1-13H3/t19-,20-,21-,22+,23-,24+,25+,26-,27+,28-,29-,30?,31-,32+,33-,34+,35?,36-,37-,38-/m1/s1. The monoisotopic (exact) mass is 749 g/mol. The normalized spacial score (nSPS) is 53.3. The van der Waals surface area contributed by atoms with Crippen molar-refractivity contribution < 1.29 is 58.7 Å². The molecule has 0 saturated carbocycles. The number of aliphatic hydroxyl groups excluding tert-OH is 3. The highest BCUT2D eigenvalue weighted by molar-refractivity contribution is 5.01. The minimum absolute atomic E-state index is 0.0930. The Morgan fingerprint density at radius 1 is 0.865 bits per heavy atom. The minimum atomic E-state index is -1.59. The van der Waals surface area contributed by atoms with Gasteiger partial charge in [-0.3, -0.25) is 0 Å². The second kappa shape index (κ2) is 17.3. The quantitative estimate of drug-likeness (QED) is 0.207. The van der Waals surface area contributed by atoms with Gasteiger partial charge in [0.2, 0.25) is 0 Å². The third kappa shape index (κ3) is 9.51. The lowest BCUT2D eigenvalue weighted by molar-refractivity contribution is -0.316. The molecule has 0 amide bonds. The summed E-state index contributed by atoms with van der Waals surface area (Å²) >= 11 is 0. The van der Waals surface area contributed by atoms with Gasteiger partial charge in [0.15, 0.2) is 18.9 Å². The van der Waals surface area contributed by atoms with Crippen LogP contribution in [0, 0.1) is 17.8 Å². The molecule has 2 unspecified atom stereocenters. The number of fused-ring (bicyclic) bond motifs is 1. The summed E-state index contributed by atoms with van der Waals surface area (Å²) in [5.41, 5.74) is -3.99. The first-order valence-corrected chi connectivity index (χ1v) is 19.5. The van der Waals surface area contributed by atoms with Crippen LogP contribution in [-0.4, -0.2) is 161 Å². The van der Waals surface area contributed by atoms with Crippen molar-refractivity contribution >= 4 is 0 Å². The molecule has 4 rings (SSSR count). The highest BCUT2D eigenvalue weighted by Crippen LogP contribution is 2.44. The molecule has 0 radical (unpaired) electrons. The van der Waals surface area contributed by atoms with E-state index in [9.17, 15) is 25.5 Å². The third-order valence-electron chi connectivity index (χ3n) is 12.6. The zero-order valence-corrected chi connectivity index (χ0v) is 33.9. The van der Waals surface area contributed by atoms with Gasteiger partial charge in [-0.25, -0.2) is 0 Å². The molecular weight excluding hydrogens is 676 g/mol. The number of aliphatic hydroxyl groups is 5. The highest BCUT2D eigenvalue weighted by Gasteiger charge is 2.56. The van der Waals surface area contributed by atoms with Crippen LogP contribution < -0.4 is 5.32 Å². The van der Waals surface area contributed by atoms with Crippen LogP contribution in [0.25, 0.3) is 0 Å². The molecule has 0 aromatic rings. The lowest BCUT2D eigenvalue weighted by atomic mass is 9.77. The number of rotatable bonds is 7. The molecule has 4 fully saturated rings. The predicted octanol–water partition coefficient (Wildman–Crippen LogP) is 1.76. The van der Waals surface area contributed by atoms with Gasteiger partial charge in [-0.05, 0) is 80.8 Å². The molecule has 20 atom stereocenters. The smallest absolute Gasteiger partial charge is 0.185 e. The molecule has 6 N–H and O–H groups in total. The number of hydrogen-bond donors (Lipinski definition) is 6. The molecular formula is C38H72N2O12. The van der Waals surface area contributed by atoms with E-state index in [-0.39, 0.29) is 30.4 Å². The number of hydrogen-bond acceptors (Lipinski definition) is 14. The Kier molecular flexibility index (Phi) is 14.7. The largest absolute Gasteiger partial charge is 0.388 e. The Balaban J connectivity index is 1.77. The zero-order valence-electron chi connectivity index (χ0n) is 33.9. The van der Waals surface area contributed by atoms with Crippen LogP contribution in [0.5, 0.6) is 0 Å². The number of likely N-dealkylation sites (N-methyl/N-ethyl adjacent to an activating group) is 2. The Hall–Kier alpha value is -0.560. The first-order valence-electron chi connectivity index (χ1n) is 19.5. The van der Waals surface area contributed by atoms with Gasteiger partial charge in [0.1, 0.15) is 30.0 Å². The molecule has 0 aromatic heterocycles. The van der Waals surface area contributed by atoms with E-state index in [4.69, 9.17) is 33.2 Å². The molecule has 14 nitrogen and oxygen atoms in total. The second-order valence-electron chi connectivity index (χ2n) is 17.3. The third-order valence-corrected chi connectivity index (χ3v) is 12.6. The molecule has 0 aliphatic carbocycles. The van der Waals surface area contributed by atoms with E-state index in [0.717, 1.165) is 0 Å². The van der Waals surface area contributed by atoms with Crippen LogP contribution in [0.15, 0.2) is 0 Å². The van der Waals surface area contributed by atoms with Crippen LogP contribution >= 0.6 is 0 Å². The maximum Gasteiger partial charge on any atom is 0.185 e. The first-order chi connectivity index (χ1) is 24.1. The summed E-state index contributed by atoms with van der Waals surface area (Å²) in [5, 5.41) is 61.3. The Morgan fingerprint density at radius 3 is 2.12 bits per heavy atom. The van der Waals surface area contributed by atoms with E-state index < -0.39 is 96.5 Å². The van der Waals surface area contributed by atoms with E-state index in [1.165, 1.54) is 0 Å². The van der Waals surface area contributed by atoms with Crippen LogP contribution in [-0.2, 0) is 33.2 Å². The Bertz CT molecular complexity index is 1130. The fourth-order valence-corrected chi connectivity index (χ4v) is 9.15. The number of nitrogens with zero attached hydrogens (tertiary/aromatic N) is 1. The van der Waals surface area contributed by atoms with Crippen molar-refractivity contribution in [1.82, 2.24) is 10.2 Å². The molecule has 4 saturated heterocycles. The molecule has 4 aliphatic rings. The molecule has 4 heterocycles. The van der Waals surface area contributed by atoms with E-state index in [0.29, 0.717) is 25.8 Å². The fourth-order valence-electron chi connectivity index (χ4n) is 9.15.